The van der Waals surface area contributed by atoms with Gasteiger partial charge in [-0.1, -0.05) is 13.3 Å². The summed E-state index contributed by atoms with van der Waals surface area (Å²) >= 11 is 2.05. The average molecular weight is 173 g/mol. The van der Waals surface area contributed by atoms with E-state index >= 15 is 0 Å². The van der Waals surface area contributed by atoms with Crippen LogP contribution >= 0.6 is 11.8 Å². The molecule has 0 unspecified atom stereocenters. The van der Waals surface area contributed by atoms with Crippen LogP contribution in [0.15, 0.2) is 0 Å². The molecule has 0 spiro atoms. The first-order chi connectivity index (χ1) is 5.43. The van der Waals surface area contributed by atoms with Gasteiger partial charge in [-0.05, 0) is 37.3 Å². The standard InChI is InChI=1S/C9H19NS/c1-2-11-8-4-7-10-9-5-3-6-9/h9-10H,2-8H2,1H3. The summed E-state index contributed by atoms with van der Waals surface area (Å²) in [4.78, 5) is 0. The van der Waals surface area contributed by atoms with Gasteiger partial charge in [0.25, 0.3) is 0 Å². The summed E-state index contributed by atoms with van der Waals surface area (Å²) in [6.45, 7) is 3.46. The highest BCUT2D eigenvalue weighted by molar-refractivity contribution is 7.99. The maximum absolute atomic E-state index is 3.56. The van der Waals surface area contributed by atoms with Crippen LogP contribution in [0.3, 0.4) is 0 Å². The van der Waals surface area contributed by atoms with Gasteiger partial charge in [-0.3, -0.25) is 0 Å². The van der Waals surface area contributed by atoms with Crippen LogP contribution in [-0.4, -0.2) is 24.1 Å². The van der Waals surface area contributed by atoms with Gasteiger partial charge in [0.2, 0.25) is 0 Å². The molecule has 0 aromatic rings. The Kier molecular flexibility index (Phi) is 5.04. The van der Waals surface area contributed by atoms with Crippen LogP contribution in [0.1, 0.15) is 32.6 Å². The van der Waals surface area contributed by atoms with Gasteiger partial charge in [-0.2, -0.15) is 11.8 Å². The van der Waals surface area contributed by atoms with Gasteiger partial charge in [0.05, 0.1) is 0 Å². The number of rotatable bonds is 6. The van der Waals surface area contributed by atoms with Crippen LogP contribution in [0.2, 0.25) is 0 Å². The van der Waals surface area contributed by atoms with Crippen molar-refractivity contribution in [3.8, 4) is 0 Å². The predicted octanol–water partition coefficient (Wildman–Crippen LogP) is 2.27. The van der Waals surface area contributed by atoms with Crippen molar-refractivity contribution >= 4 is 11.8 Å². The third kappa shape index (κ3) is 4.02. The Labute approximate surface area is 74.3 Å². The molecule has 0 radical (unpaired) electrons. The molecule has 1 nitrogen and oxygen atoms in total. The first kappa shape index (κ1) is 9.40. The minimum absolute atomic E-state index is 0.877. The number of hydrogen-bond acceptors (Lipinski definition) is 2. The van der Waals surface area contributed by atoms with Gasteiger partial charge < -0.3 is 5.32 Å². The van der Waals surface area contributed by atoms with E-state index in [2.05, 4.69) is 12.2 Å². The monoisotopic (exact) mass is 173 g/mol. The maximum Gasteiger partial charge on any atom is 0.00670 e. The summed E-state index contributed by atoms with van der Waals surface area (Å²) in [7, 11) is 0. The van der Waals surface area contributed by atoms with Crippen molar-refractivity contribution in [2.75, 3.05) is 18.1 Å². The number of nitrogens with one attached hydrogen (secondary N) is 1. The Bertz CT molecular complexity index is 91.6. The summed E-state index contributed by atoms with van der Waals surface area (Å²) in [5.41, 5.74) is 0. The van der Waals surface area contributed by atoms with Crippen molar-refractivity contribution in [3.05, 3.63) is 0 Å². The van der Waals surface area contributed by atoms with Crippen molar-refractivity contribution in [2.24, 2.45) is 0 Å². The van der Waals surface area contributed by atoms with Crippen LogP contribution in [0.25, 0.3) is 0 Å². The Morgan fingerprint density at radius 2 is 2.27 bits per heavy atom. The minimum Gasteiger partial charge on any atom is -0.314 e. The van der Waals surface area contributed by atoms with Crippen molar-refractivity contribution in [1.82, 2.24) is 5.32 Å². The van der Waals surface area contributed by atoms with E-state index in [9.17, 15) is 0 Å². The SMILES string of the molecule is CCSCCCNC1CCC1. The molecule has 1 fully saturated rings. The fourth-order valence-electron chi connectivity index (χ4n) is 1.24. The molecule has 66 valence electrons. The molecule has 0 aromatic carbocycles. The Morgan fingerprint density at radius 1 is 1.45 bits per heavy atom. The normalized spacial score (nSPS) is 18.3. The van der Waals surface area contributed by atoms with E-state index in [4.69, 9.17) is 0 Å². The van der Waals surface area contributed by atoms with Gasteiger partial charge in [0.15, 0.2) is 0 Å². The van der Waals surface area contributed by atoms with Gasteiger partial charge in [-0.15, -0.1) is 0 Å². The Hall–Kier alpha value is 0.310. The average Bonchev–Trinajstić information content (AvgIpc) is 1.93. The third-order valence-corrected chi connectivity index (χ3v) is 3.19. The van der Waals surface area contributed by atoms with Crippen LogP contribution in [0, 0.1) is 0 Å². The number of hydrogen-bond donors (Lipinski definition) is 1. The smallest absolute Gasteiger partial charge is 0.00670 e. The molecule has 1 rings (SSSR count). The molecular formula is C9H19NS. The van der Waals surface area contributed by atoms with Gasteiger partial charge in [0, 0.05) is 6.04 Å². The zero-order valence-corrected chi connectivity index (χ0v) is 8.25. The zero-order valence-electron chi connectivity index (χ0n) is 7.44. The summed E-state index contributed by atoms with van der Waals surface area (Å²) < 4.78 is 0. The van der Waals surface area contributed by atoms with E-state index < -0.39 is 0 Å². The molecule has 1 aliphatic carbocycles. The fraction of sp³-hybridized carbons (Fsp3) is 1.00. The predicted molar refractivity (Wildman–Crippen MR) is 53.3 cm³/mol. The molecule has 0 saturated heterocycles. The largest absolute Gasteiger partial charge is 0.314 e. The first-order valence-electron chi connectivity index (χ1n) is 4.74. The molecule has 2 heteroatoms. The molecular weight excluding hydrogens is 154 g/mol. The lowest BCUT2D eigenvalue weighted by Crippen LogP contribution is -2.35. The fourth-order valence-corrected chi connectivity index (χ4v) is 1.87. The van der Waals surface area contributed by atoms with Crippen molar-refractivity contribution in [3.63, 3.8) is 0 Å². The third-order valence-electron chi connectivity index (χ3n) is 2.21. The minimum atomic E-state index is 0.877. The van der Waals surface area contributed by atoms with E-state index in [1.165, 1.54) is 43.7 Å². The second kappa shape index (κ2) is 5.90. The lowest BCUT2D eigenvalue weighted by molar-refractivity contribution is 0.341. The van der Waals surface area contributed by atoms with E-state index in [-0.39, 0.29) is 0 Å². The lowest BCUT2D eigenvalue weighted by Gasteiger charge is -2.26. The Morgan fingerprint density at radius 3 is 2.82 bits per heavy atom. The summed E-state index contributed by atoms with van der Waals surface area (Å²) in [6.07, 6.45) is 5.62. The van der Waals surface area contributed by atoms with Crippen molar-refractivity contribution < 1.29 is 0 Å². The molecule has 1 aliphatic rings. The molecule has 11 heavy (non-hydrogen) atoms. The van der Waals surface area contributed by atoms with E-state index in [0.29, 0.717) is 0 Å². The zero-order chi connectivity index (χ0) is 7.94. The lowest BCUT2D eigenvalue weighted by atomic mass is 9.93. The van der Waals surface area contributed by atoms with Crippen molar-refractivity contribution in [2.45, 2.75) is 38.6 Å². The summed E-state index contributed by atoms with van der Waals surface area (Å²) in [5.74, 6) is 2.60. The molecule has 0 aromatic heterocycles. The molecule has 0 aliphatic heterocycles. The van der Waals surface area contributed by atoms with Crippen LogP contribution in [0.4, 0.5) is 0 Å². The van der Waals surface area contributed by atoms with Crippen LogP contribution < -0.4 is 5.32 Å². The van der Waals surface area contributed by atoms with E-state index in [0.717, 1.165) is 6.04 Å². The quantitative estimate of drug-likeness (QED) is 0.618. The van der Waals surface area contributed by atoms with E-state index in [1.807, 2.05) is 11.8 Å². The number of thioether (sulfide) groups is 1. The Balaban J connectivity index is 1.73. The molecule has 1 N–H and O–H groups in total. The van der Waals surface area contributed by atoms with Gasteiger partial charge in [-0.25, -0.2) is 0 Å². The van der Waals surface area contributed by atoms with Gasteiger partial charge >= 0.3 is 0 Å². The van der Waals surface area contributed by atoms with Crippen molar-refractivity contribution in [1.29, 1.82) is 0 Å². The molecule has 0 heterocycles. The van der Waals surface area contributed by atoms with E-state index in [1.54, 1.807) is 0 Å². The second-order valence-corrected chi connectivity index (χ2v) is 4.53. The highest BCUT2D eigenvalue weighted by Gasteiger charge is 2.15. The second-order valence-electron chi connectivity index (χ2n) is 3.13. The molecule has 0 amide bonds. The van der Waals surface area contributed by atoms with Crippen LogP contribution in [-0.2, 0) is 0 Å². The molecule has 0 bridgehead atoms. The summed E-state index contributed by atoms with van der Waals surface area (Å²) in [6, 6.07) is 0.877. The highest BCUT2D eigenvalue weighted by atomic mass is 32.2. The molecule has 0 atom stereocenters. The summed E-state index contributed by atoms with van der Waals surface area (Å²) in [5, 5.41) is 3.56. The first-order valence-corrected chi connectivity index (χ1v) is 5.90. The molecule has 1 saturated carbocycles. The highest BCUT2D eigenvalue weighted by Crippen LogP contribution is 2.17. The topological polar surface area (TPSA) is 12.0 Å². The van der Waals surface area contributed by atoms with Gasteiger partial charge in [0.1, 0.15) is 0 Å². The maximum atomic E-state index is 3.56. The van der Waals surface area contributed by atoms with Crippen LogP contribution in [0.5, 0.6) is 0 Å².